The summed E-state index contributed by atoms with van der Waals surface area (Å²) in [7, 11) is -3.95. The van der Waals surface area contributed by atoms with E-state index < -0.39 is 15.8 Å². The lowest BCUT2D eigenvalue weighted by atomic mass is 10.1. The fourth-order valence-corrected chi connectivity index (χ4v) is 3.86. The molecule has 0 radical (unpaired) electrons. The first-order valence-electron chi connectivity index (χ1n) is 8.15. The average Bonchev–Trinajstić information content (AvgIpc) is 3.42. The van der Waals surface area contributed by atoms with E-state index in [9.17, 15) is 17.6 Å². The predicted octanol–water partition coefficient (Wildman–Crippen LogP) is 3.81. The highest BCUT2D eigenvalue weighted by atomic mass is 35.5. The fraction of sp³-hybridized carbons (Fsp3) is 0.278. The van der Waals surface area contributed by atoms with Gasteiger partial charge in [0.2, 0.25) is 0 Å². The lowest BCUT2D eigenvalue weighted by Crippen LogP contribution is -2.34. The van der Waals surface area contributed by atoms with Crippen molar-refractivity contribution in [2.75, 3.05) is 4.72 Å². The maximum absolute atomic E-state index is 13.0. The molecule has 2 aromatic carbocycles. The normalized spacial score (nSPS) is 15.3. The summed E-state index contributed by atoms with van der Waals surface area (Å²) in [4.78, 5) is 12.2. The number of hydrogen-bond donors (Lipinski definition) is 2. The maximum Gasteiger partial charge on any atom is 0.261 e. The number of rotatable bonds is 6. The first-order valence-corrected chi connectivity index (χ1v) is 10.0. The van der Waals surface area contributed by atoms with Gasteiger partial charge in [-0.25, -0.2) is 12.8 Å². The summed E-state index contributed by atoms with van der Waals surface area (Å²) in [5, 5.41) is 3.06. The van der Waals surface area contributed by atoms with Crippen molar-refractivity contribution in [1.29, 1.82) is 0 Å². The lowest BCUT2D eigenvalue weighted by Gasteiger charge is -2.14. The van der Waals surface area contributed by atoms with Crippen molar-refractivity contribution in [3.8, 4) is 0 Å². The molecule has 0 bridgehead atoms. The van der Waals surface area contributed by atoms with Crippen LogP contribution in [-0.4, -0.2) is 20.4 Å². The first-order chi connectivity index (χ1) is 12.3. The van der Waals surface area contributed by atoms with Crippen molar-refractivity contribution in [3.63, 3.8) is 0 Å². The Labute approximate surface area is 156 Å². The second-order valence-electron chi connectivity index (χ2n) is 6.35. The first kappa shape index (κ1) is 18.7. The lowest BCUT2D eigenvalue weighted by molar-refractivity contribution is 0.0936. The molecule has 1 amide bonds. The molecule has 0 aromatic heterocycles. The summed E-state index contributed by atoms with van der Waals surface area (Å²) in [5.74, 6) is -0.323. The van der Waals surface area contributed by atoms with Crippen LogP contribution in [0.4, 0.5) is 10.1 Å². The predicted molar refractivity (Wildman–Crippen MR) is 98.3 cm³/mol. The van der Waals surface area contributed by atoms with Crippen LogP contribution in [0.1, 0.15) is 30.1 Å². The smallest absolute Gasteiger partial charge is 0.261 e. The Balaban J connectivity index is 1.81. The monoisotopic (exact) mass is 396 g/mol. The second kappa shape index (κ2) is 7.25. The molecule has 3 rings (SSSR count). The number of amides is 1. The molecule has 5 nitrogen and oxygen atoms in total. The number of halogens is 2. The van der Waals surface area contributed by atoms with Crippen LogP contribution in [0.25, 0.3) is 0 Å². The SMILES string of the molecule is CC(NC(=O)c1ccc(Cl)c(NS(=O)(=O)c2ccc(F)cc2)c1)C1CC1. The Morgan fingerprint density at radius 3 is 2.46 bits per heavy atom. The van der Waals surface area contributed by atoms with Gasteiger partial charge in [0.25, 0.3) is 15.9 Å². The third kappa shape index (κ3) is 4.34. The summed E-state index contributed by atoms with van der Waals surface area (Å²) in [6.07, 6.45) is 2.20. The van der Waals surface area contributed by atoms with E-state index in [0.29, 0.717) is 11.5 Å². The van der Waals surface area contributed by atoms with E-state index in [1.807, 2.05) is 6.92 Å². The van der Waals surface area contributed by atoms with Crippen molar-refractivity contribution in [1.82, 2.24) is 5.32 Å². The molecule has 0 heterocycles. The van der Waals surface area contributed by atoms with Crippen LogP contribution in [0.15, 0.2) is 47.4 Å². The third-order valence-electron chi connectivity index (χ3n) is 4.28. The average molecular weight is 397 g/mol. The zero-order valence-electron chi connectivity index (χ0n) is 14.0. The van der Waals surface area contributed by atoms with Crippen molar-refractivity contribution >= 4 is 33.2 Å². The molecule has 2 N–H and O–H groups in total. The molecular formula is C18H18ClFN2O3S. The van der Waals surface area contributed by atoms with Crippen LogP contribution in [-0.2, 0) is 10.0 Å². The number of anilines is 1. The molecule has 8 heteroatoms. The van der Waals surface area contributed by atoms with Crippen molar-refractivity contribution in [2.24, 2.45) is 5.92 Å². The molecule has 26 heavy (non-hydrogen) atoms. The number of sulfonamides is 1. The zero-order valence-corrected chi connectivity index (χ0v) is 15.6. The highest BCUT2D eigenvalue weighted by Crippen LogP contribution is 2.32. The minimum Gasteiger partial charge on any atom is -0.349 e. The molecule has 138 valence electrons. The summed E-state index contributed by atoms with van der Waals surface area (Å²) in [5.41, 5.74) is 0.390. The highest BCUT2D eigenvalue weighted by molar-refractivity contribution is 7.92. The standard InChI is InChI=1S/C18H18ClFN2O3S/c1-11(12-2-3-12)21-18(23)13-4-9-16(19)17(10-13)22-26(24,25)15-7-5-14(20)6-8-15/h4-12,22H,2-3H2,1H3,(H,21,23). The van der Waals surface area contributed by atoms with Gasteiger partial charge in [-0.3, -0.25) is 9.52 Å². The minimum absolute atomic E-state index is 0.0672. The quantitative estimate of drug-likeness (QED) is 0.779. The minimum atomic E-state index is -3.95. The van der Waals surface area contributed by atoms with Gasteiger partial charge in [0.1, 0.15) is 5.82 Å². The molecule has 1 aliphatic rings. The third-order valence-corrected chi connectivity index (χ3v) is 6.00. The molecule has 1 fully saturated rings. The summed E-state index contributed by atoms with van der Waals surface area (Å²) >= 11 is 6.07. The van der Waals surface area contributed by atoms with E-state index in [-0.39, 0.29) is 27.6 Å². The van der Waals surface area contributed by atoms with Gasteiger partial charge in [0.05, 0.1) is 15.6 Å². The second-order valence-corrected chi connectivity index (χ2v) is 8.44. The Bertz CT molecular complexity index is 928. The van der Waals surface area contributed by atoms with Crippen LogP contribution >= 0.6 is 11.6 Å². The van der Waals surface area contributed by atoms with Gasteiger partial charge in [0, 0.05) is 11.6 Å². The number of benzene rings is 2. The van der Waals surface area contributed by atoms with Gasteiger partial charge >= 0.3 is 0 Å². The maximum atomic E-state index is 13.0. The van der Waals surface area contributed by atoms with Gasteiger partial charge in [-0.05, 0) is 68.1 Å². The molecule has 1 unspecified atom stereocenters. The molecule has 0 aliphatic heterocycles. The van der Waals surface area contributed by atoms with Crippen LogP contribution in [0.5, 0.6) is 0 Å². The van der Waals surface area contributed by atoms with E-state index >= 15 is 0 Å². The zero-order chi connectivity index (χ0) is 18.9. The van der Waals surface area contributed by atoms with E-state index in [1.54, 1.807) is 0 Å². The van der Waals surface area contributed by atoms with E-state index in [4.69, 9.17) is 11.6 Å². The Hall–Kier alpha value is -2.12. The fourth-order valence-electron chi connectivity index (χ4n) is 2.57. The van der Waals surface area contributed by atoms with Gasteiger partial charge in [-0.1, -0.05) is 11.6 Å². The van der Waals surface area contributed by atoms with E-state index in [2.05, 4.69) is 10.0 Å². The van der Waals surface area contributed by atoms with Gasteiger partial charge in [0.15, 0.2) is 0 Å². The van der Waals surface area contributed by atoms with Crippen molar-refractivity contribution in [2.45, 2.75) is 30.7 Å². The van der Waals surface area contributed by atoms with Gasteiger partial charge < -0.3 is 5.32 Å². The van der Waals surface area contributed by atoms with Crippen molar-refractivity contribution in [3.05, 3.63) is 58.9 Å². The number of nitrogens with one attached hydrogen (secondary N) is 2. The molecular weight excluding hydrogens is 379 g/mol. The number of carbonyl (C=O) groups excluding carboxylic acids is 1. The molecule has 0 saturated heterocycles. The van der Waals surface area contributed by atoms with Gasteiger partial charge in [-0.2, -0.15) is 0 Å². The molecule has 1 atom stereocenters. The van der Waals surface area contributed by atoms with Crippen LogP contribution in [0, 0.1) is 11.7 Å². The number of hydrogen-bond acceptors (Lipinski definition) is 3. The Morgan fingerprint density at radius 1 is 1.19 bits per heavy atom. The summed E-state index contributed by atoms with van der Waals surface area (Å²) in [6.45, 7) is 1.95. The van der Waals surface area contributed by atoms with Crippen LogP contribution < -0.4 is 10.0 Å². The molecule has 2 aromatic rings. The van der Waals surface area contributed by atoms with E-state index in [1.165, 1.54) is 18.2 Å². The highest BCUT2D eigenvalue weighted by Gasteiger charge is 2.29. The topological polar surface area (TPSA) is 75.3 Å². The van der Waals surface area contributed by atoms with Crippen molar-refractivity contribution < 1.29 is 17.6 Å². The summed E-state index contributed by atoms with van der Waals surface area (Å²) in [6, 6.07) is 8.86. The Kier molecular flexibility index (Phi) is 5.20. The Morgan fingerprint density at radius 2 is 1.85 bits per heavy atom. The van der Waals surface area contributed by atoms with Crippen LogP contribution in [0.3, 0.4) is 0 Å². The molecule has 1 aliphatic carbocycles. The largest absolute Gasteiger partial charge is 0.349 e. The molecule has 0 spiro atoms. The van der Waals surface area contributed by atoms with Gasteiger partial charge in [-0.15, -0.1) is 0 Å². The summed E-state index contributed by atoms with van der Waals surface area (Å²) < 4.78 is 40.2. The number of carbonyl (C=O) groups is 1. The van der Waals surface area contributed by atoms with E-state index in [0.717, 1.165) is 37.1 Å². The van der Waals surface area contributed by atoms with Crippen LogP contribution in [0.2, 0.25) is 5.02 Å². The molecule has 1 saturated carbocycles.